The minimum Gasteiger partial charge on any atom is -0.481 e. The van der Waals surface area contributed by atoms with Crippen LogP contribution in [0.5, 0.6) is 0 Å². The van der Waals surface area contributed by atoms with Gasteiger partial charge in [0.25, 0.3) is 5.69 Å². The molecule has 0 atom stereocenters. The molecule has 5 N–H and O–H groups in total. The van der Waals surface area contributed by atoms with Crippen LogP contribution in [0.15, 0.2) is 12.1 Å². The minimum atomic E-state index is -0.898. The van der Waals surface area contributed by atoms with Crippen LogP contribution in [0.25, 0.3) is 10.9 Å². The molecule has 118 valence electrons. The Morgan fingerprint density at radius 3 is 2.68 bits per heavy atom. The second kappa shape index (κ2) is 5.76. The first kappa shape index (κ1) is 16.0. The number of benzene rings is 1. The molecule has 7 heteroatoms. The highest BCUT2D eigenvalue weighted by Gasteiger charge is 2.33. The Morgan fingerprint density at radius 1 is 1.45 bits per heavy atom. The van der Waals surface area contributed by atoms with Crippen molar-refractivity contribution in [3.63, 3.8) is 0 Å². The van der Waals surface area contributed by atoms with Crippen molar-refractivity contribution in [1.29, 1.82) is 0 Å². The van der Waals surface area contributed by atoms with Gasteiger partial charge in [0.05, 0.1) is 15.8 Å². The van der Waals surface area contributed by atoms with Crippen LogP contribution in [0.3, 0.4) is 0 Å². The van der Waals surface area contributed by atoms with Gasteiger partial charge in [0.1, 0.15) is 0 Å². The summed E-state index contributed by atoms with van der Waals surface area (Å²) in [7, 11) is 0. The molecular formula is C15H19N3O4. The van der Waals surface area contributed by atoms with E-state index < -0.39 is 5.97 Å². The number of rotatable bonds is 5. The molecule has 0 saturated heterocycles. The van der Waals surface area contributed by atoms with Crippen molar-refractivity contribution < 1.29 is 14.8 Å². The van der Waals surface area contributed by atoms with Crippen LogP contribution in [0.1, 0.15) is 42.0 Å². The fraction of sp³-hybridized carbons (Fsp3) is 0.400. The standard InChI is InChI=1S/C15H16N2O4.H3N/c1-8-10(5-7-13(18)19)14-12(16-8)6-4-11(9-2-3-9)15(14)17(20)21;/h4,6,9,16H,2-3,5,7H2,1H3,(H,18,19);1H3. The summed E-state index contributed by atoms with van der Waals surface area (Å²) >= 11 is 0. The summed E-state index contributed by atoms with van der Waals surface area (Å²) in [6.45, 7) is 1.83. The average Bonchev–Trinajstić information content (AvgIpc) is 3.19. The molecule has 0 bridgehead atoms. The molecule has 1 aliphatic carbocycles. The van der Waals surface area contributed by atoms with Crippen molar-refractivity contribution >= 4 is 22.6 Å². The Balaban J connectivity index is 0.00000176. The zero-order valence-corrected chi connectivity index (χ0v) is 12.4. The van der Waals surface area contributed by atoms with Crippen LogP contribution in [0.4, 0.5) is 5.69 Å². The van der Waals surface area contributed by atoms with Crippen LogP contribution in [0, 0.1) is 17.0 Å². The molecular weight excluding hydrogens is 286 g/mol. The number of nitrogens with one attached hydrogen (secondary N) is 1. The lowest BCUT2D eigenvalue weighted by molar-refractivity contribution is -0.383. The first-order chi connectivity index (χ1) is 9.99. The fourth-order valence-corrected chi connectivity index (χ4v) is 2.95. The van der Waals surface area contributed by atoms with Gasteiger partial charge in [0, 0.05) is 17.7 Å². The van der Waals surface area contributed by atoms with Gasteiger partial charge in [0.2, 0.25) is 0 Å². The maximum atomic E-state index is 11.5. The van der Waals surface area contributed by atoms with Gasteiger partial charge in [-0.25, -0.2) is 0 Å². The maximum absolute atomic E-state index is 11.5. The van der Waals surface area contributed by atoms with Gasteiger partial charge in [-0.05, 0) is 49.8 Å². The van der Waals surface area contributed by atoms with Crippen molar-refractivity contribution in [2.45, 2.75) is 38.5 Å². The van der Waals surface area contributed by atoms with E-state index in [9.17, 15) is 14.9 Å². The molecule has 1 heterocycles. The van der Waals surface area contributed by atoms with E-state index in [1.54, 1.807) is 0 Å². The fourth-order valence-electron chi connectivity index (χ4n) is 2.95. The van der Waals surface area contributed by atoms with Crippen molar-refractivity contribution in [1.82, 2.24) is 11.1 Å². The molecule has 1 saturated carbocycles. The zero-order chi connectivity index (χ0) is 15.1. The van der Waals surface area contributed by atoms with Gasteiger partial charge in [-0.1, -0.05) is 0 Å². The Labute approximate surface area is 127 Å². The number of carbonyl (C=O) groups is 1. The van der Waals surface area contributed by atoms with Gasteiger partial charge >= 0.3 is 5.97 Å². The van der Waals surface area contributed by atoms with Crippen LogP contribution in [0.2, 0.25) is 0 Å². The molecule has 1 aromatic carbocycles. The van der Waals surface area contributed by atoms with Crippen molar-refractivity contribution in [3.05, 3.63) is 39.1 Å². The smallest absolute Gasteiger partial charge is 0.303 e. The predicted octanol–water partition coefficient (Wildman–Crippen LogP) is 3.44. The number of aliphatic carboxylic acids is 1. The Kier molecular flexibility index (Phi) is 4.18. The van der Waals surface area contributed by atoms with E-state index in [2.05, 4.69) is 4.98 Å². The van der Waals surface area contributed by atoms with E-state index >= 15 is 0 Å². The summed E-state index contributed by atoms with van der Waals surface area (Å²) in [5.41, 5.74) is 3.20. The van der Waals surface area contributed by atoms with Crippen LogP contribution in [-0.4, -0.2) is 21.0 Å². The van der Waals surface area contributed by atoms with Gasteiger partial charge in [-0.15, -0.1) is 0 Å². The summed E-state index contributed by atoms with van der Waals surface area (Å²) in [4.78, 5) is 25.2. The molecule has 7 nitrogen and oxygen atoms in total. The Morgan fingerprint density at radius 2 is 2.14 bits per heavy atom. The first-order valence-electron chi connectivity index (χ1n) is 6.99. The van der Waals surface area contributed by atoms with E-state index in [1.807, 2.05) is 19.1 Å². The number of carboxylic acids is 1. The van der Waals surface area contributed by atoms with E-state index in [0.717, 1.165) is 29.7 Å². The van der Waals surface area contributed by atoms with E-state index in [-0.39, 0.29) is 29.1 Å². The van der Waals surface area contributed by atoms with Gasteiger partial charge < -0.3 is 16.2 Å². The molecule has 22 heavy (non-hydrogen) atoms. The van der Waals surface area contributed by atoms with Crippen LogP contribution < -0.4 is 6.15 Å². The largest absolute Gasteiger partial charge is 0.481 e. The van der Waals surface area contributed by atoms with Gasteiger partial charge in [-0.2, -0.15) is 0 Å². The van der Waals surface area contributed by atoms with Crippen LogP contribution in [-0.2, 0) is 11.2 Å². The highest BCUT2D eigenvalue weighted by atomic mass is 16.6. The lowest BCUT2D eigenvalue weighted by Crippen LogP contribution is -2.00. The molecule has 0 radical (unpaired) electrons. The number of fused-ring (bicyclic) bond motifs is 1. The lowest BCUT2D eigenvalue weighted by atomic mass is 9.99. The lowest BCUT2D eigenvalue weighted by Gasteiger charge is -2.05. The quantitative estimate of drug-likeness (QED) is 0.575. The molecule has 3 rings (SSSR count). The summed E-state index contributed by atoms with van der Waals surface area (Å²) in [6, 6.07) is 3.70. The van der Waals surface area contributed by atoms with E-state index in [1.165, 1.54) is 0 Å². The summed E-state index contributed by atoms with van der Waals surface area (Å²) in [5.74, 6) is -0.623. The third-order valence-electron chi connectivity index (χ3n) is 4.07. The third kappa shape index (κ3) is 2.67. The number of H-pyrrole nitrogens is 1. The summed E-state index contributed by atoms with van der Waals surface area (Å²) < 4.78 is 0. The number of hydrogen-bond donors (Lipinski definition) is 3. The van der Waals surface area contributed by atoms with Crippen molar-refractivity contribution in [3.8, 4) is 0 Å². The van der Waals surface area contributed by atoms with Crippen molar-refractivity contribution in [2.24, 2.45) is 0 Å². The SMILES string of the molecule is Cc1[nH]c2ccc(C3CC3)c([N+](=O)[O-])c2c1CCC(=O)O.N. The van der Waals surface area contributed by atoms with Gasteiger partial charge in [-0.3, -0.25) is 14.9 Å². The second-order valence-electron chi connectivity index (χ2n) is 5.58. The topological polar surface area (TPSA) is 131 Å². The van der Waals surface area contributed by atoms with Gasteiger partial charge in [0.15, 0.2) is 0 Å². The molecule has 1 fully saturated rings. The van der Waals surface area contributed by atoms with E-state index in [0.29, 0.717) is 17.3 Å². The monoisotopic (exact) mass is 305 g/mol. The number of aromatic nitrogens is 1. The van der Waals surface area contributed by atoms with E-state index in [4.69, 9.17) is 5.11 Å². The van der Waals surface area contributed by atoms with Crippen molar-refractivity contribution in [2.75, 3.05) is 0 Å². The van der Waals surface area contributed by atoms with Crippen LogP contribution >= 0.6 is 0 Å². The predicted molar refractivity (Wildman–Crippen MR) is 82.6 cm³/mol. The first-order valence-corrected chi connectivity index (χ1v) is 6.99. The number of hydrogen-bond acceptors (Lipinski definition) is 4. The minimum absolute atomic E-state index is 0. The molecule has 1 aliphatic rings. The number of aromatic amines is 1. The number of aryl methyl sites for hydroxylation is 2. The highest BCUT2D eigenvalue weighted by molar-refractivity contribution is 5.95. The number of carboxylic acid groups (broad SMARTS) is 1. The summed E-state index contributed by atoms with van der Waals surface area (Å²) in [5, 5.41) is 21.0. The third-order valence-corrected chi connectivity index (χ3v) is 4.07. The highest BCUT2D eigenvalue weighted by Crippen LogP contribution is 2.47. The molecule has 2 aromatic rings. The molecule has 1 aromatic heterocycles. The maximum Gasteiger partial charge on any atom is 0.303 e. The number of nitro groups is 1. The summed E-state index contributed by atoms with van der Waals surface area (Å²) in [6.07, 6.45) is 2.25. The molecule has 0 amide bonds. The number of nitrogens with zero attached hydrogens (tertiary/aromatic N) is 1. The second-order valence-corrected chi connectivity index (χ2v) is 5.58. The Hall–Kier alpha value is -2.41. The number of nitro benzene ring substituents is 1. The normalized spacial score (nSPS) is 13.9. The molecule has 0 unspecified atom stereocenters. The Bertz CT molecular complexity index is 747. The zero-order valence-electron chi connectivity index (χ0n) is 12.4. The molecule has 0 spiro atoms. The average molecular weight is 305 g/mol. The molecule has 0 aliphatic heterocycles.